The molecule has 0 saturated heterocycles. The Hall–Kier alpha value is -3.03. The number of allylic oxidation sites excluding steroid dienone is 1. The fraction of sp³-hybridized carbons (Fsp3) is 0.174. The summed E-state index contributed by atoms with van der Waals surface area (Å²) in [6.07, 6.45) is 3.58. The number of hydrogen-bond acceptors (Lipinski definition) is 5. The number of rotatable bonds is 3. The van der Waals surface area contributed by atoms with Gasteiger partial charge in [0.15, 0.2) is 3.95 Å². The van der Waals surface area contributed by atoms with Crippen molar-refractivity contribution in [3.05, 3.63) is 74.1 Å². The number of benzene rings is 2. The number of nitrogens with zero attached hydrogens (tertiary/aromatic N) is 2. The zero-order valence-corrected chi connectivity index (χ0v) is 18.5. The molecule has 1 aliphatic rings. The molecule has 1 aromatic heterocycles. The average molecular weight is 436 g/mol. The number of thiazole rings is 1. The molecule has 0 atom stereocenters. The number of carbonyl (C=O) groups is 1. The van der Waals surface area contributed by atoms with Crippen molar-refractivity contribution < 1.29 is 9.90 Å². The Labute approximate surface area is 184 Å². The number of amides is 1. The standard InChI is InChI=1S/C23H21N3O2S2/c1-23(2,3)16-10-8-14(9-11-16)20(27)25-26-21(28)19(30-22(26)29)12-15-13-24-18-7-5-4-6-17(15)18/h4-13,28H,1-3H3,(H,25,27)/b15-12-. The van der Waals surface area contributed by atoms with Gasteiger partial charge in [0, 0.05) is 22.9 Å². The van der Waals surface area contributed by atoms with Crippen LogP contribution in [-0.4, -0.2) is 21.9 Å². The topological polar surface area (TPSA) is 66.6 Å². The van der Waals surface area contributed by atoms with Crippen molar-refractivity contribution >= 4 is 53.0 Å². The van der Waals surface area contributed by atoms with Crippen LogP contribution < -0.4 is 5.43 Å². The molecule has 0 saturated carbocycles. The van der Waals surface area contributed by atoms with E-state index in [9.17, 15) is 9.90 Å². The van der Waals surface area contributed by atoms with E-state index in [4.69, 9.17) is 12.2 Å². The number of para-hydroxylation sites is 1. The van der Waals surface area contributed by atoms with Crippen LogP contribution in [0.15, 0.2) is 53.5 Å². The van der Waals surface area contributed by atoms with Crippen LogP contribution in [-0.2, 0) is 5.41 Å². The summed E-state index contributed by atoms with van der Waals surface area (Å²) in [6, 6.07) is 15.2. The average Bonchev–Trinajstić information content (AvgIpc) is 3.24. The first-order valence-electron chi connectivity index (χ1n) is 9.46. The van der Waals surface area contributed by atoms with Gasteiger partial charge >= 0.3 is 0 Å². The molecular formula is C23H21N3O2S2. The van der Waals surface area contributed by atoms with Crippen molar-refractivity contribution in [3.8, 4) is 5.88 Å². The second-order valence-corrected chi connectivity index (χ2v) is 9.71. The molecular weight excluding hydrogens is 414 g/mol. The van der Waals surface area contributed by atoms with Crippen LogP contribution in [0.3, 0.4) is 0 Å². The molecule has 5 nitrogen and oxygen atoms in total. The first-order valence-corrected chi connectivity index (χ1v) is 10.7. The van der Waals surface area contributed by atoms with E-state index >= 15 is 0 Å². The third-order valence-electron chi connectivity index (χ3n) is 4.88. The van der Waals surface area contributed by atoms with Crippen LogP contribution in [0.25, 0.3) is 11.6 Å². The molecule has 0 bridgehead atoms. The lowest BCUT2D eigenvalue weighted by Gasteiger charge is -2.19. The Kier molecular flexibility index (Phi) is 5.17. The van der Waals surface area contributed by atoms with Crippen LogP contribution in [0.2, 0.25) is 0 Å². The molecule has 0 aliphatic carbocycles. The van der Waals surface area contributed by atoms with Gasteiger partial charge in [-0.2, -0.15) is 4.68 Å². The molecule has 0 spiro atoms. The molecule has 7 heteroatoms. The molecule has 3 aromatic rings. The number of aromatic hydroxyl groups is 1. The van der Waals surface area contributed by atoms with E-state index < -0.39 is 0 Å². The van der Waals surface area contributed by atoms with Crippen molar-refractivity contribution in [1.82, 2.24) is 4.68 Å². The Balaban J connectivity index is 1.59. The van der Waals surface area contributed by atoms with E-state index in [1.807, 2.05) is 42.5 Å². The Bertz CT molecular complexity index is 1240. The van der Waals surface area contributed by atoms with Crippen LogP contribution in [0, 0.1) is 3.95 Å². The van der Waals surface area contributed by atoms with Gasteiger partial charge in [0.25, 0.3) is 5.91 Å². The summed E-state index contributed by atoms with van der Waals surface area (Å²) in [5, 5.41) is 10.7. The smallest absolute Gasteiger partial charge is 0.270 e. The second kappa shape index (κ2) is 7.66. The van der Waals surface area contributed by atoms with Gasteiger partial charge in [-0.25, -0.2) is 0 Å². The Morgan fingerprint density at radius 2 is 1.87 bits per heavy atom. The van der Waals surface area contributed by atoms with Gasteiger partial charge in [0.2, 0.25) is 5.88 Å². The first kappa shape index (κ1) is 20.3. The third kappa shape index (κ3) is 3.86. The molecule has 1 amide bonds. The molecule has 4 rings (SSSR count). The second-order valence-electron chi connectivity index (χ2n) is 8.03. The van der Waals surface area contributed by atoms with Crippen molar-refractivity contribution in [2.24, 2.45) is 4.99 Å². The summed E-state index contributed by atoms with van der Waals surface area (Å²) in [6.45, 7) is 6.36. The number of aromatic nitrogens is 1. The molecule has 0 unspecified atom stereocenters. The maximum absolute atomic E-state index is 12.7. The molecule has 0 fully saturated rings. The summed E-state index contributed by atoms with van der Waals surface area (Å²) in [5.41, 5.74) is 7.09. The molecule has 152 valence electrons. The van der Waals surface area contributed by atoms with E-state index in [2.05, 4.69) is 31.2 Å². The largest absolute Gasteiger partial charge is 0.492 e. The fourth-order valence-corrected chi connectivity index (χ4v) is 4.34. The highest BCUT2D eigenvalue weighted by Crippen LogP contribution is 2.35. The first-order chi connectivity index (χ1) is 14.2. The van der Waals surface area contributed by atoms with E-state index in [0.717, 1.165) is 22.4 Å². The zero-order valence-electron chi connectivity index (χ0n) is 16.8. The van der Waals surface area contributed by atoms with E-state index in [1.165, 1.54) is 16.0 Å². The molecule has 0 radical (unpaired) electrons. The van der Waals surface area contributed by atoms with Crippen molar-refractivity contribution in [3.63, 3.8) is 0 Å². The minimum Gasteiger partial charge on any atom is -0.492 e. The van der Waals surface area contributed by atoms with Gasteiger partial charge < -0.3 is 5.11 Å². The monoisotopic (exact) mass is 435 g/mol. The van der Waals surface area contributed by atoms with Crippen molar-refractivity contribution in [2.75, 3.05) is 5.43 Å². The Morgan fingerprint density at radius 1 is 1.17 bits per heavy atom. The number of hydrogen-bond donors (Lipinski definition) is 2. The predicted molar refractivity (Wildman–Crippen MR) is 126 cm³/mol. The van der Waals surface area contributed by atoms with Crippen LogP contribution in [0.4, 0.5) is 5.69 Å². The quantitative estimate of drug-likeness (QED) is 0.502. The highest BCUT2D eigenvalue weighted by Gasteiger charge is 2.18. The maximum atomic E-state index is 12.7. The molecule has 30 heavy (non-hydrogen) atoms. The lowest BCUT2D eigenvalue weighted by Crippen LogP contribution is -2.22. The minimum atomic E-state index is -0.341. The fourth-order valence-electron chi connectivity index (χ4n) is 3.16. The van der Waals surface area contributed by atoms with Gasteiger partial charge in [0.05, 0.1) is 10.6 Å². The summed E-state index contributed by atoms with van der Waals surface area (Å²) in [5.74, 6) is -0.443. The van der Waals surface area contributed by atoms with Gasteiger partial charge in [0.1, 0.15) is 0 Å². The maximum Gasteiger partial charge on any atom is 0.270 e. The van der Waals surface area contributed by atoms with E-state index in [-0.39, 0.29) is 17.2 Å². The van der Waals surface area contributed by atoms with Crippen LogP contribution >= 0.6 is 23.6 Å². The number of nitrogens with one attached hydrogen (secondary N) is 1. The molecule has 2 heterocycles. The lowest BCUT2D eigenvalue weighted by molar-refractivity contribution is 0.101. The highest BCUT2D eigenvalue weighted by atomic mass is 32.1. The summed E-state index contributed by atoms with van der Waals surface area (Å²) in [4.78, 5) is 17.6. The van der Waals surface area contributed by atoms with Crippen LogP contribution in [0.1, 0.15) is 47.1 Å². The molecule has 2 aromatic carbocycles. The third-order valence-corrected chi connectivity index (χ3v) is 6.19. The van der Waals surface area contributed by atoms with Crippen molar-refractivity contribution in [1.29, 1.82) is 0 Å². The summed E-state index contributed by atoms with van der Waals surface area (Å²) >= 11 is 6.58. The minimum absolute atomic E-state index is 0.00767. The highest BCUT2D eigenvalue weighted by molar-refractivity contribution is 7.73. The number of fused-ring (bicyclic) bond motifs is 1. The van der Waals surface area contributed by atoms with Gasteiger partial charge in [-0.15, -0.1) is 0 Å². The number of aliphatic imine (C=N–C) groups is 1. The number of carbonyl (C=O) groups excluding carboxylic acids is 1. The normalized spacial score (nSPS) is 14.2. The summed E-state index contributed by atoms with van der Waals surface area (Å²) in [7, 11) is 0. The SMILES string of the molecule is CC(C)(C)c1ccc(C(=O)Nn2c(O)c(/C=C3/C=Nc4ccccc43)sc2=S)cc1. The Morgan fingerprint density at radius 3 is 2.57 bits per heavy atom. The van der Waals surface area contributed by atoms with Crippen LogP contribution in [0.5, 0.6) is 5.88 Å². The van der Waals surface area contributed by atoms with Gasteiger partial charge in [-0.1, -0.05) is 62.4 Å². The summed E-state index contributed by atoms with van der Waals surface area (Å²) < 4.78 is 1.59. The van der Waals surface area contributed by atoms with E-state index in [0.29, 0.717) is 14.4 Å². The van der Waals surface area contributed by atoms with Gasteiger partial charge in [-0.3, -0.25) is 15.2 Å². The predicted octanol–water partition coefficient (Wildman–Crippen LogP) is 5.92. The van der Waals surface area contributed by atoms with Gasteiger partial charge in [-0.05, 0) is 47.5 Å². The zero-order chi connectivity index (χ0) is 21.5. The van der Waals surface area contributed by atoms with Crippen molar-refractivity contribution in [2.45, 2.75) is 26.2 Å². The lowest BCUT2D eigenvalue weighted by atomic mass is 9.87. The van der Waals surface area contributed by atoms with E-state index in [1.54, 1.807) is 18.3 Å². The molecule has 1 aliphatic heterocycles. The molecule has 2 N–H and O–H groups in total.